The van der Waals surface area contributed by atoms with Crippen LogP contribution in [0.4, 0.5) is 5.69 Å². The maximum absolute atomic E-state index is 11.8. The van der Waals surface area contributed by atoms with Crippen molar-refractivity contribution < 1.29 is 9.00 Å². The van der Waals surface area contributed by atoms with E-state index in [1.807, 2.05) is 6.92 Å². The first-order valence-corrected chi connectivity index (χ1v) is 7.14. The summed E-state index contributed by atoms with van der Waals surface area (Å²) in [6, 6.07) is 1.76. The zero-order valence-electron chi connectivity index (χ0n) is 10.0. The molecule has 1 rings (SSSR count). The number of pyridine rings is 1. The molecule has 0 aromatic carbocycles. The van der Waals surface area contributed by atoms with Gasteiger partial charge >= 0.3 is 0 Å². The number of anilines is 1. The Morgan fingerprint density at radius 1 is 1.53 bits per heavy atom. The second-order valence-corrected chi connectivity index (χ2v) is 5.04. The van der Waals surface area contributed by atoms with Crippen LogP contribution in [-0.4, -0.2) is 40.2 Å². The van der Waals surface area contributed by atoms with Crippen LogP contribution in [0, 0.1) is 0 Å². The van der Waals surface area contributed by atoms with Gasteiger partial charge in [-0.1, -0.05) is 0 Å². The summed E-state index contributed by atoms with van der Waals surface area (Å²) >= 11 is 0. The third-order valence-corrected chi connectivity index (χ3v) is 2.89. The van der Waals surface area contributed by atoms with Crippen molar-refractivity contribution in [3.63, 3.8) is 0 Å². The lowest BCUT2D eigenvalue weighted by molar-refractivity contribution is 0.0956. The van der Waals surface area contributed by atoms with Gasteiger partial charge in [-0.3, -0.25) is 14.0 Å². The fourth-order valence-corrected chi connectivity index (χ4v) is 1.71. The Morgan fingerprint density at radius 3 is 2.94 bits per heavy atom. The van der Waals surface area contributed by atoms with E-state index in [1.165, 1.54) is 6.20 Å². The normalized spacial score (nSPS) is 11.9. The zero-order chi connectivity index (χ0) is 12.7. The predicted molar refractivity (Wildman–Crippen MR) is 69.7 cm³/mol. The molecule has 0 saturated heterocycles. The van der Waals surface area contributed by atoms with Gasteiger partial charge in [-0.15, -0.1) is 0 Å². The van der Waals surface area contributed by atoms with Crippen LogP contribution in [0.3, 0.4) is 0 Å². The summed E-state index contributed by atoms with van der Waals surface area (Å²) in [7, 11) is -0.893. The summed E-state index contributed by atoms with van der Waals surface area (Å²) in [5, 5.41) is 5.81. The second kappa shape index (κ2) is 7.01. The maximum atomic E-state index is 11.8. The topological polar surface area (TPSA) is 71.1 Å². The van der Waals surface area contributed by atoms with E-state index in [1.54, 1.807) is 18.5 Å². The Labute approximate surface area is 103 Å². The predicted octanol–water partition coefficient (Wildman–Crippen LogP) is 0.622. The number of nitrogens with zero attached hydrogens (tertiary/aromatic N) is 1. The molecule has 0 saturated carbocycles. The summed E-state index contributed by atoms with van der Waals surface area (Å²) < 4.78 is 10.9. The fraction of sp³-hybridized carbons (Fsp3) is 0.455. The Morgan fingerprint density at radius 2 is 2.29 bits per heavy atom. The molecular weight excluding hydrogens is 238 g/mol. The molecule has 94 valence electrons. The molecule has 5 nitrogen and oxygen atoms in total. The number of hydrogen-bond donors (Lipinski definition) is 2. The van der Waals surface area contributed by atoms with Crippen LogP contribution in [0.1, 0.15) is 17.3 Å². The first-order valence-electron chi connectivity index (χ1n) is 5.41. The van der Waals surface area contributed by atoms with Crippen LogP contribution < -0.4 is 10.6 Å². The lowest BCUT2D eigenvalue weighted by Crippen LogP contribution is -2.28. The molecule has 1 unspecified atom stereocenters. The van der Waals surface area contributed by atoms with E-state index < -0.39 is 10.8 Å². The minimum Gasteiger partial charge on any atom is -0.385 e. The average Bonchev–Trinajstić information content (AvgIpc) is 2.29. The highest BCUT2D eigenvalue weighted by Gasteiger charge is 2.10. The first kappa shape index (κ1) is 13.6. The van der Waals surface area contributed by atoms with Gasteiger partial charge in [-0.05, 0) is 13.0 Å². The molecule has 2 N–H and O–H groups in total. The molecule has 0 aliphatic heterocycles. The SMILES string of the molecule is CCNc1ccncc1C(=O)NCCS(C)=O. The van der Waals surface area contributed by atoms with Crippen LogP contribution in [0.5, 0.6) is 0 Å². The number of carbonyl (C=O) groups excluding carboxylic acids is 1. The lowest BCUT2D eigenvalue weighted by Gasteiger charge is -2.09. The van der Waals surface area contributed by atoms with E-state index in [-0.39, 0.29) is 5.91 Å². The van der Waals surface area contributed by atoms with E-state index in [2.05, 4.69) is 15.6 Å². The molecule has 0 spiro atoms. The molecule has 0 aliphatic carbocycles. The molecule has 0 bridgehead atoms. The van der Waals surface area contributed by atoms with Crippen molar-refractivity contribution >= 4 is 22.4 Å². The van der Waals surface area contributed by atoms with Gasteiger partial charge < -0.3 is 10.6 Å². The Bertz CT molecular complexity index is 409. The molecule has 0 fully saturated rings. The molecule has 17 heavy (non-hydrogen) atoms. The number of nitrogens with one attached hydrogen (secondary N) is 2. The summed E-state index contributed by atoms with van der Waals surface area (Å²) in [5.74, 6) is 0.266. The highest BCUT2D eigenvalue weighted by atomic mass is 32.2. The van der Waals surface area contributed by atoms with Crippen LogP contribution in [-0.2, 0) is 10.8 Å². The van der Waals surface area contributed by atoms with Gasteiger partial charge in [-0.25, -0.2) is 0 Å². The Balaban J connectivity index is 2.64. The van der Waals surface area contributed by atoms with Crippen LogP contribution >= 0.6 is 0 Å². The minimum absolute atomic E-state index is 0.195. The van der Waals surface area contributed by atoms with E-state index in [4.69, 9.17) is 0 Å². The van der Waals surface area contributed by atoms with Crippen molar-refractivity contribution in [2.24, 2.45) is 0 Å². The van der Waals surface area contributed by atoms with E-state index in [0.29, 0.717) is 17.9 Å². The van der Waals surface area contributed by atoms with E-state index in [0.717, 1.165) is 12.2 Å². The highest BCUT2D eigenvalue weighted by molar-refractivity contribution is 7.84. The van der Waals surface area contributed by atoms with Crippen molar-refractivity contribution in [2.45, 2.75) is 6.92 Å². The molecule has 0 aliphatic rings. The van der Waals surface area contributed by atoms with Gasteiger partial charge in [0, 0.05) is 48.3 Å². The molecule has 1 heterocycles. The summed E-state index contributed by atoms with van der Waals surface area (Å²) in [6.45, 7) is 3.11. The molecule has 1 aromatic heterocycles. The molecular formula is C11H17N3O2S. The van der Waals surface area contributed by atoms with Gasteiger partial charge in [0.1, 0.15) is 0 Å². The number of hydrogen-bond acceptors (Lipinski definition) is 4. The maximum Gasteiger partial charge on any atom is 0.254 e. The van der Waals surface area contributed by atoms with Gasteiger partial charge in [0.15, 0.2) is 0 Å². The Kier molecular flexibility index (Phi) is 5.62. The van der Waals surface area contributed by atoms with Gasteiger partial charge in [0.2, 0.25) is 0 Å². The average molecular weight is 255 g/mol. The fourth-order valence-electron chi connectivity index (χ4n) is 1.32. The quantitative estimate of drug-likeness (QED) is 0.782. The standard InChI is InChI=1S/C11H17N3O2S/c1-3-13-10-4-5-12-8-9(10)11(15)14-6-7-17(2)16/h4-5,8H,3,6-7H2,1-2H3,(H,12,13)(H,14,15). The summed E-state index contributed by atoms with van der Waals surface area (Å²) in [6.07, 6.45) is 4.77. The van der Waals surface area contributed by atoms with E-state index >= 15 is 0 Å². The largest absolute Gasteiger partial charge is 0.385 e. The van der Waals surface area contributed by atoms with Crippen LogP contribution in [0.15, 0.2) is 18.5 Å². The number of amides is 1. The van der Waals surface area contributed by atoms with Crippen molar-refractivity contribution in [1.82, 2.24) is 10.3 Å². The Hall–Kier alpha value is -1.43. The molecule has 1 amide bonds. The smallest absolute Gasteiger partial charge is 0.254 e. The number of rotatable bonds is 6. The summed E-state index contributed by atoms with van der Waals surface area (Å²) in [5.41, 5.74) is 1.27. The molecule has 0 radical (unpaired) electrons. The third kappa shape index (κ3) is 4.52. The number of aromatic nitrogens is 1. The van der Waals surface area contributed by atoms with Gasteiger partial charge in [-0.2, -0.15) is 0 Å². The van der Waals surface area contributed by atoms with Crippen molar-refractivity contribution in [3.8, 4) is 0 Å². The van der Waals surface area contributed by atoms with Crippen LogP contribution in [0.2, 0.25) is 0 Å². The molecule has 1 atom stereocenters. The first-order chi connectivity index (χ1) is 8.15. The van der Waals surface area contributed by atoms with Gasteiger partial charge in [0.05, 0.1) is 11.3 Å². The lowest BCUT2D eigenvalue weighted by atomic mass is 10.2. The minimum atomic E-state index is -0.893. The third-order valence-electron chi connectivity index (χ3n) is 2.11. The van der Waals surface area contributed by atoms with Crippen molar-refractivity contribution in [2.75, 3.05) is 30.4 Å². The molecule has 6 heteroatoms. The van der Waals surface area contributed by atoms with E-state index in [9.17, 15) is 9.00 Å². The van der Waals surface area contributed by atoms with Crippen LogP contribution in [0.25, 0.3) is 0 Å². The van der Waals surface area contributed by atoms with Crippen molar-refractivity contribution in [1.29, 1.82) is 0 Å². The van der Waals surface area contributed by atoms with Gasteiger partial charge in [0.25, 0.3) is 5.91 Å². The number of carbonyl (C=O) groups is 1. The molecule has 1 aromatic rings. The highest BCUT2D eigenvalue weighted by Crippen LogP contribution is 2.12. The monoisotopic (exact) mass is 255 g/mol. The van der Waals surface area contributed by atoms with Crippen molar-refractivity contribution in [3.05, 3.63) is 24.0 Å². The second-order valence-electron chi connectivity index (χ2n) is 3.48. The zero-order valence-corrected chi connectivity index (χ0v) is 10.8. The summed E-state index contributed by atoms with van der Waals surface area (Å²) in [4.78, 5) is 15.8.